The minimum Gasteiger partial charge on any atom is -0.311 e. The predicted molar refractivity (Wildman–Crippen MR) is 84.6 cm³/mol. The van der Waals surface area contributed by atoms with Crippen LogP contribution in [0, 0.1) is 0 Å². The molecule has 1 heterocycles. The van der Waals surface area contributed by atoms with E-state index in [1.807, 2.05) is 11.0 Å². The molecule has 1 aliphatic heterocycles. The van der Waals surface area contributed by atoms with Crippen molar-refractivity contribution in [3.05, 3.63) is 65.2 Å². The third-order valence-corrected chi connectivity index (χ3v) is 5.10. The fourth-order valence-electron chi connectivity index (χ4n) is 4.20. The molecule has 0 radical (unpaired) electrons. The van der Waals surface area contributed by atoms with E-state index in [1.165, 1.54) is 23.1 Å². The molecule has 1 spiro atoms. The highest BCUT2D eigenvalue weighted by Crippen LogP contribution is 2.51. The second-order valence-corrected chi connectivity index (χ2v) is 6.22. The summed E-state index contributed by atoms with van der Waals surface area (Å²) in [5, 5.41) is 0. The van der Waals surface area contributed by atoms with Gasteiger partial charge in [-0.1, -0.05) is 42.5 Å². The fraction of sp³-hybridized carbons (Fsp3) is 0.316. The third-order valence-electron chi connectivity index (χ3n) is 5.10. The van der Waals surface area contributed by atoms with Gasteiger partial charge in [-0.05, 0) is 42.0 Å². The normalized spacial score (nSPS) is 23.0. The van der Waals surface area contributed by atoms with Gasteiger partial charge in [0.15, 0.2) is 0 Å². The van der Waals surface area contributed by atoms with Crippen molar-refractivity contribution in [1.82, 2.24) is 0 Å². The number of aryl methyl sites for hydroxylation is 1. The summed E-state index contributed by atoms with van der Waals surface area (Å²) in [5.74, 6) is 0.141. The van der Waals surface area contributed by atoms with Crippen LogP contribution < -0.4 is 4.90 Å². The highest BCUT2D eigenvalue weighted by molar-refractivity contribution is 5.95. The number of carbonyl (C=O) groups excluding carboxylic acids is 1. The maximum absolute atomic E-state index is 12.1. The van der Waals surface area contributed by atoms with E-state index in [0.717, 1.165) is 25.1 Å². The minimum atomic E-state index is -0.00287. The van der Waals surface area contributed by atoms with Crippen LogP contribution in [0.3, 0.4) is 0 Å². The SMILES string of the molecule is CC(=O)N1C[C@@]2(CCCc3ccccc32)c2ccccc21. The number of anilines is 1. The summed E-state index contributed by atoms with van der Waals surface area (Å²) in [7, 11) is 0. The van der Waals surface area contributed by atoms with Crippen molar-refractivity contribution in [3.63, 3.8) is 0 Å². The Balaban J connectivity index is 1.97. The first-order chi connectivity index (χ1) is 10.2. The van der Waals surface area contributed by atoms with Crippen LogP contribution in [0.1, 0.15) is 36.5 Å². The Labute approximate surface area is 125 Å². The fourth-order valence-corrected chi connectivity index (χ4v) is 4.20. The Kier molecular flexibility index (Phi) is 2.68. The van der Waals surface area contributed by atoms with E-state index < -0.39 is 0 Å². The van der Waals surface area contributed by atoms with E-state index >= 15 is 0 Å². The van der Waals surface area contributed by atoms with Gasteiger partial charge >= 0.3 is 0 Å². The monoisotopic (exact) mass is 277 g/mol. The molecule has 0 saturated heterocycles. The summed E-state index contributed by atoms with van der Waals surface area (Å²) in [6, 6.07) is 17.2. The first kappa shape index (κ1) is 12.6. The molecule has 0 N–H and O–H groups in total. The summed E-state index contributed by atoms with van der Waals surface area (Å²) in [6.45, 7) is 2.46. The average Bonchev–Trinajstić information content (AvgIpc) is 2.84. The molecule has 1 atom stereocenters. The number of hydrogen-bond donors (Lipinski definition) is 0. The Bertz CT molecular complexity index is 721. The topological polar surface area (TPSA) is 20.3 Å². The molecule has 2 aromatic carbocycles. The molecule has 0 aromatic heterocycles. The Morgan fingerprint density at radius 3 is 2.57 bits per heavy atom. The molecular formula is C19H19NO. The van der Waals surface area contributed by atoms with Crippen molar-refractivity contribution in [1.29, 1.82) is 0 Å². The molecule has 106 valence electrons. The van der Waals surface area contributed by atoms with Crippen molar-refractivity contribution in [2.75, 3.05) is 11.4 Å². The van der Waals surface area contributed by atoms with Crippen molar-refractivity contribution in [3.8, 4) is 0 Å². The van der Waals surface area contributed by atoms with Crippen molar-refractivity contribution >= 4 is 11.6 Å². The smallest absolute Gasteiger partial charge is 0.223 e. The molecule has 0 unspecified atom stereocenters. The second-order valence-electron chi connectivity index (χ2n) is 6.22. The summed E-state index contributed by atoms with van der Waals surface area (Å²) in [4.78, 5) is 14.0. The molecule has 2 nitrogen and oxygen atoms in total. The lowest BCUT2D eigenvalue weighted by Crippen LogP contribution is -2.39. The molecule has 2 heteroatoms. The number of nitrogens with zero attached hydrogens (tertiary/aromatic N) is 1. The first-order valence-electron chi connectivity index (χ1n) is 7.68. The molecular weight excluding hydrogens is 258 g/mol. The largest absolute Gasteiger partial charge is 0.311 e. The lowest BCUT2D eigenvalue weighted by atomic mass is 9.67. The van der Waals surface area contributed by atoms with Crippen LogP contribution in [0.5, 0.6) is 0 Å². The number of carbonyl (C=O) groups is 1. The molecule has 2 aromatic rings. The van der Waals surface area contributed by atoms with E-state index in [2.05, 4.69) is 42.5 Å². The van der Waals surface area contributed by atoms with Crippen LogP contribution in [-0.2, 0) is 16.6 Å². The number of hydrogen-bond acceptors (Lipinski definition) is 1. The van der Waals surface area contributed by atoms with Gasteiger partial charge in [-0.25, -0.2) is 0 Å². The highest BCUT2D eigenvalue weighted by atomic mass is 16.2. The Morgan fingerprint density at radius 1 is 1.05 bits per heavy atom. The average molecular weight is 277 g/mol. The molecule has 0 bridgehead atoms. The van der Waals surface area contributed by atoms with E-state index in [4.69, 9.17) is 0 Å². The molecule has 4 rings (SSSR count). The van der Waals surface area contributed by atoms with Gasteiger partial charge in [-0.15, -0.1) is 0 Å². The summed E-state index contributed by atoms with van der Waals surface area (Å²) >= 11 is 0. The second kappa shape index (κ2) is 4.45. The zero-order valence-corrected chi connectivity index (χ0v) is 12.3. The van der Waals surface area contributed by atoms with Crippen LogP contribution in [0.2, 0.25) is 0 Å². The number of amides is 1. The van der Waals surface area contributed by atoms with Gasteiger partial charge in [0, 0.05) is 24.6 Å². The van der Waals surface area contributed by atoms with Crippen molar-refractivity contribution in [2.24, 2.45) is 0 Å². The van der Waals surface area contributed by atoms with Crippen LogP contribution in [0.25, 0.3) is 0 Å². The zero-order chi connectivity index (χ0) is 14.4. The Hall–Kier alpha value is -2.09. The van der Waals surface area contributed by atoms with Crippen LogP contribution in [0.15, 0.2) is 48.5 Å². The molecule has 1 amide bonds. The highest BCUT2D eigenvalue weighted by Gasteiger charge is 2.46. The van der Waals surface area contributed by atoms with Gasteiger partial charge < -0.3 is 4.90 Å². The van der Waals surface area contributed by atoms with E-state index in [9.17, 15) is 4.79 Å². The van der Waals surface area contributed by atoms with Gasteiger partial charge in [-0.2, -0.15) is 0 Å². The zero-order valence-electron chi connectivity index (χ0n) is 12.3. The van der Waals surface area contributed by atoms with Gasteiger partial charge in [-0.3, -0.25) is 4.79 Å². The lowest BCUT2D eigenvalue weighted by molar-refractivity contribution is -0.116. The summed E-state index contributed by atoms with van der Waals surface area (Å²) < 4.78 is 0. The maximum atomic E-state index is 12.1. The number of benzene rings is 2. The Morgan fingerprint density at radius 2 is 1.76 bits per heavy atom. The summed E-state index contributed by atoms with van der Waals surface area (Å²) in [5.41, 5.74) is 5.29. The molecule has 2 aliphatic rings. The molecule has 0 saturated carbocycles. The van der Waals surface area contributed by atoms with Crippen LogP contribution in [0.4, 0.5) is 5.69 Å². The van der Waals surface area contributed by atoms with E-state index in [0.29, 0.717) is 0 Å². The number of fused-ring (bicyclic) bond motifs is 4. The van der Waals surface area contributed by atoms with Crippen molar-refractivity contribution < 1.29 is 4.79 Å². The first-order valence-corrected chi connectivity index (χ1v) is 7.68. The lowest BCUT2D eigenvalue weighted by Gasteiger charge is -2.36. The van der Waals surface area contributed by atoms with E-state index in [1.54, 1.807) is 6.92 Å². The van der Waals surface area contributed by atoms with Crippen LogP contribution >= 0.6 is 0 Å². The van der Waals surface area contributed by atoms with E-state index in [-0.39, 0.29) is 11.3 Å². The predicted octanol–water partition coefficient (Wildman–Crippen LogP) is 3.68. The van der Waals surface area contributed by atoms with Crippen LogP contribution in [-0.4, -0.2) is 12.5 Å². The van der Waals surface area contributed by atoms with Gasteiger partial charge in [0.2, 0.25) is 5.91 Å². The maximum Gasteiger partial charge on any atom is 0.223 e. The quantitative estimate of drug-likeness (QED) is 0.719. The van der Waals surface area contributed by atoms with Crippen molar-refractivity contribution in [2.45, 2.75) is 31.6 Å². The number of para-hydroxylation sites is 1. The molecule has 1 aliphatic carbocycles. The molecule has 0 fully saturated rings. The third kappa shape index (κ3) is 1.68. The minimum absolute atomic E-state index is 0.00287. The molecule has 21 heavy (non-hydrogen) atoms. The summed E-state index contributed by atoms with van der Waals surface area (Å²) in [6.07, 6.45) is 3.47. The number of rotatable bonds is 0. The van der Waals surface area contributed by atoms with Gasteiger partial charge in [0.25, 0.3) is 0 Å². The standard InChI is InChI=1S/C19H19NO/c1-14(21)20-13-19(17-10-4-5-11-18(17)20)12-6-8-15-7-2-3-9-16(15)19/h2-5,7,9-11H,6,8,12-13H2,1H3/t19-/m1/s1. The van der Waals surface area contributed by atoms with Gasteiger partial charge in [0.05, 0.1) is 0 Å². The van der Waals surface area contributed by atoms with Gasteiger partial charge in [0.1, 0.15) is 0 Å².